The van der Waals surface area contributed by atoms with E-state index in [1.54, 1.807) is 25.4 Å². The first kappa shape index (κ1) is 10.7. The average Bonchev–Trinajstić information content (AvgIpc) is 2.18. The first-order valence-corrected chi connectivity index (χ1v) is 4.44. The molecule has 1 N–H and O–H groups in total. The lowest BCUT2D eigenvalue weighted by Crippen LogP contribution is -2.27. The second-order valence-corrected chi connectivity index (χ2v) is 2.89. The molecule has 0 radical (unpaired) electrons. The molecule has 0 unspecified atom stereocenters. The topological polar surface area (TPSA) is 51.2 Å². The number of hydrogen-bond acceptors (Lipinski definition) is 3. The van der Waals surface area contributed by atoms with Gasteiger partial charge in [-0.05, 0) is 19.1 Å². The molecule has 1 aromatic heterocycles. The van der Waals surface area contributed by atoms with Crippen molar-refractivity contribution in [2.45, 2.75) is 6.92 Å². The molecule has 0 fully saturated rings. The molecule has 0 aliphatic carbocycles. The second kappa shape index (κ2) is 5.34. The first-order chi connectivity index (χ1) is 6.75. The highest BCUT2D eigenvalue weighted by Gasteiger charge is 2.07. The highest BCUT2D eigenvalue weighted by molar-refractivity contribution is 5.95. The summed E-state index contributed by atoms with van der Waals surface area (Å²) in [6, 6.07) is 3.50. The Labute approximate surface area is 83.3 Å². The molecule has 76 valence electrons. The van der Waals surface area contributed by atoms with Gasteiger partial charge in [0.15, 0.2) is 0 Å². The molecular formula is C10H14N2O2. The molecule has 0 aliphatic rings. The van der Waals surface area contributed by atoms with Crippen molar-refractivity contribution in [1.29, 1.82) is 0 Å². The quantitative estimate of drug-likeness (QED) is 0.720. The number of ether oxygens (including phenoxy) is 1. The van der Waals surface area contributed by atoms with E-state index < -0.39 is 0 Å². The lowest BCUT2D eigenvalue weighted by molar-refractivity contribution is 0.0936. The van der Waals surface area contributed by atoms with Crippen LogP contribution in [0.1, 0.15) is 16.1 Å². The van der Waals surface area contributed by atoms with Crippen molar-refractivity contribution in [1.82, 2.24) is 10.3 Å². The first-order valence-electron chi connectivity index (χ1n) is 4.44. The highest BCUT2D eigenvalue weighted by atomic mass is 16.5. The Morgan fingerprint density at radius 1 is 1.64 bits per heavy atom. The van der Waals surface area contributed by atoms with Gasteiger partial charge in [-0.2, -0.15) is 0 Å². The van der Waals surface area contributed by atoms with E-state index in [-0.39, 0.29) is 5.91 Å². The van der Waals surface area contributed by atoms with E-state index in [1.165, 1.54) is 0 Å². The number of aryl methyl sites for hydroxylation is 1. The fourth-order valence-corrected chi connectivity index (χ4v) is 1.09. The molecule has 0 atom stereocenters. The number of carbonyl (C=O) groups excluding carboxylic acids is 1. The Bertz CT molecular complexity index is 313. The van der Waals surface area contributed by atoms with Crippen LogP contribution in [0.15, 0.2) is 18.3 Å². The Morgan fingerprint density at radius 2 is 2.43 bits per heavy atom. The Hall–Kier alpha value is -1.42. The Morgan fingerprint density at radius 3 is 3.07 bits per heavy atom. The maximum absolute atomic E-state index is 11.5. The summed E-state index contributed by atoms with van der Waals surface area (Å²) in [5.41, 5.74) is 1.35. The van der Waals surface area contributed by atoms with E-state index in [0.29, 0.717) is 18.7 Å². The third-order valence-electron chi connectivity index (χ3n) is 1.84. The normalized spacial score (nSPS) is 9.86. The minimum absolute atomic E-state index is 0.104. The van der Waals surface area contributed by atoms with Crippen molar-refractivity contribution >= 4 is 5.91 Å². The molecule has 0 saturated heterocycles. The number of hydrogen-bond donors (Lipinski definition) is 1. The van der Waals surface area contributed by atoms with Crippen LogP contribution in [0.3, 0.4) is 0 Å². The monoisotopic (exact) mass is 194 g/mol. The van der Waals surface area contributed by atoms with E-state index >= 15 is 0 Å². The summed E-state index contributed by atoms with van der Waals surface area (Å²) < 4.78 is 4.83. The van der Waals surface area contributed by atoms with Gasteiger partial charge in [-0.15, -0.1) is 0 Å². The fraction of sp³-hybridized carbons (Fsp3) is 0.400. The third kappa shape index (κ3) is 2.81. The van der Waals surface area contributed by atoms with Crippen LogP contribution in [0.2, 0.25) is 0 Å². The molecule has 0 aliphatic heterocycles. The van der Waals surface area contributed by atoms with Gasteiger partial charge >= 0.3 is 0 Å². The van der Waals surface area contributed by atoms with Gasteiger partial charge in [0.2, 0.25) is 0 Å². The summed E-state index contributed by atoms with van der Waals surface area (Å²) in [6.45, 7) is 2.85. The molecule has 0 aromatic carbocycles. The lowest BCUT2D eigenvalue weighted by atomic mass is 10.2. The molecule has 1 amide bonds. The van der Waals surface area contributed by atoms with Gasteiger partial charge in [0, 0.05) is 25.5 Å². The number of pyridine rings is 1. The molecule has 0 spiro atoms. The van der Waals surface area contributed by atoms with Crippen LogP contribution in [-0.2, 0) is 4.74 Å². The van der Waals surface area contributed by atoms with Crippen LogP contribution in [0.4, 0.5) is 0 Å². The number of aromatic nitrogens is 1. The van der Waals surface area contributed by atoms with Crippen molar-refractivity contribution in [3.05, 3.63) is 29.6 Å². The molecule has 0 bridgehead atoms. The SMILES string of the molecule is COCCNC(=O)c1cccnc1C. The molecule has 4 nitrogen and oxygen atoms in total. The number of carbonyl (C=O) groups is 1. The molecule has 0 saturated carbocycles. The van der Waals surface area contributed by atoms with Crippen molar-refractivity contribution in [3.8, 4) is 0 Å². The maximum Gasteiger partial charge on any atom is 0.253 e. The molecular weight excluding hydrogens is 180 g/mol. The molecule has 14 heavy (non-hydrogen) atoms. The van der Waals surface area contributed by atoms with Gasteiger partial charge < -0.3 is 10.1 Å². The van der Waals surface area contributed by atoms with Gasteiger partial charge in [-0.25, -0.2) is 0 Å². The minimum Gasteiger partial charge on any atom is -0.383 e. The molecule has 1 aromatic rings. The number of nitrogens with one attached hydrogen (secondary N) is 1. The Balaban J connectivity index is 2.56. The standard InChI is InChI=1S/C10H14N2O2/c1-8-9(4-3-5-11-8)10(13)12-6-7-14-2/h3-5H,6-7H2,1-2H3,(H,12,13). The summed E-state index contributed by atoms with van der Waals surface area (Å²) in [5.74, 6) is -0.104. The summed E-state index contributed by atoms with van der Waals surface area (Å²) in [7, 11) is 1.60. The lowest BCUT2D eigenvalue weighted by Gasteiger charge is -2.05. The summed E-state index contributed by atoms with van der Waals surface area (Å²) in [5, 5.41) is 2.74. The van der Waals surface area contributed by atoms with Crippen LogP contribution in [0.5, 0.6) is 0 Å². The zero-order valence-electron chi connectivity index (χ0n) is 8.41. The van der Waals surface area contributed by atoms with Gasteiger partial charge in [-0.1, -0.05) is 0 Å². The molecule has 1 heterocycles. The third-order valence-corrected chi connectivity index (χ3v) is 1.84. The van der Waals surface area contributed by atoms with Gasteiger partial charge in [0.05, 0.1) is 12.2 Å². The van der Waals surface area contributed by atoms with Crippen LogP contribution in [0, 0.1) is 6.92 Å². The van der Waals surface area contributed by atoms with Crippen LogP contribution < -0.4 is 5.32 Å². The highest BCUT2D eigenvalue weighted by Crippen LogP contribution is 2.02. The predicted octanol–water partition coefficient (Wildman–Crippen LogP) is 0.766. The van der Waals surface area contributed by atoms with E-state index in [2.05, 4.69) is 10.3 Å². The van der Waals surface area contributed by atoms with E-state index in [9.17, 15) is 4.79 Å². The fourth-order valence-electron chi connectivity index (χ4n) is 1.09. The summed E-state index contributed by atoms with van der Waals surface area (Å²) >= 11 is 0. The number of methoxy groups -OCH3 is 1. The zero-order valence-corrected chi connectivity index (χ0v) is 8.41. The van der Waals surface area contributed by atoms with Crippen LogP contribution in [-0.4, -0.2) is 31.2 Å². The van der Waals surface area contributed by atoms with Crippen molar-refractivity contribution in [3.63, 3.8) is 0 Å². The largest absolute Gasteiger partial charge is 0.383 e. The average molecular weight is 194 g/mol. The van der Waals surface area contributed by atoms with Crippen molar-refractivity contribution < 1.29 is 9.53 Å². The van der Waals surface area contributed by atoms with Crippen molar-refractivity contribution in [2.24, 2.45) is 0 Å². The number of amides is 1. The van der Waals surface area contributed by atoms with Crippen molar-refractivity contribution in [2.75, 3.05) is 20.3 Å². The number of nitrogens with zero attached hydrogens (tertiary/aromatic N) is 1. The van der Waals surface area contributed by atoms with Gasteiger partial charge in [0.25, 0.3) is 5.91 Å². The zero-order chi connectivity index (χ0) is 10.4. The summed E-state index contributed by atoms with van der Waals surface area (Å²) in [4.78, 5) is 15.6. The van der Waals surface area contributed by atoms with Gasteiger partial charge in [-0.3, -0.25) is 9.78 Å². The van der Waals surface area contributed by atoms with Crippen LogP contribution >= 0.6 is 0 Å². The number of rotatable bonds is 4. The molecule has 4 heteroatoms. The van der Waals surface area contributed by atoms with Crippen LogP contribution in [0.25, 0.3) is 0 Å². The smallest absolute Gasteiger partial charge is 0.253 e. The molecule has 1 rings (SSSR count). The Kier molecular flexibility index (Phi) is 4.07. The second-order valence-electron chi connectivity index (χ2n) is 2.89. The van der Waals surface area contributed by atoms with E-state index in [0.717, 1.165) is 5.69 Å². The predicted molar refractivity (Wildman–Crippen MR) is 53.2 cm³/mol. The summed E-state index contributed by atoms with van der Waals surface area (Å²) in [6.07, 6.45) is 1.67. The minimum atomic E-state index is -0.104. The maximum atomic E-state index is 11.5. The van der Waals surface area contributed by atoms with Gasteiger partial charge in [0.1, 0.15) is 0 Å². The van der Waals surface area contributed by atoms with E-state index in [4.69, 9.17) is 4.74 Å². The van der Waals surface area contributed by atoms with E-state index in [1.807, 2.05) is 6.92 Å².